The quantitative estimate of drug-likeness (QED) is 0.802. The average Bonchev–Trinajstić information content (AvgIpc) is 2.61. The van der Waals surface area contributed by atoms with Crippen molar-refractivity contribution in [3.8, 4) is 0 Å². The molecule has 0 fully saturated rings. The Morgan fingerprint density at radius 1 is 1.27 bits per heavy atom. The molecule has 0 spiro atoms. The molecule has 15 heavy (non-hydrogen) atoms. The number of rotatable bonds is 3. The van der Waals surface area contributed by atoms with E-state index >= 15 is 0 Å². The van der Waals surface area contributed by atoms with Crippen molar-refractivity contribution in [2.75, 3.05) is 6.54 Å². The van der Waals surface area contributed by atoms with Gasteiger partial charge in [0.05, 0.1) is 5.92 Å². The van der Waals surface area contributed by atoms with Crippen molar-refractivity contribution in [2.45, 2.75) is 12.3 Å². The van der Waals surface area contributed by atoms with Crippen LogP contribution in [0.5, 0.6) is 0 Å². The molecule has 0 saturated heterocycles. The molecule has 2 rings (SSSR count). The van der Waals surface area contributed by atoms with Crippen molar-refractivity contribution in [1.29, 1.82) is 0 Å². The highest BCUT2D eigenvalue weighted by molar-refractivity contribution is 5.80. The Hall–Kier alpha value is -1.42. The van der Waals surface area contributed by atoms with E-state index in [0.29, 0.717) is 5.69 Å². The van der Waals surface area contributed by atoms with E-state index in [1.54, 1.807) is 6.07 Å². The number of H-pyrrole nitrogens is 1. The van der Waals surface area contributed by atoms with E-state index in [1.807, 2.05) is 24.3 Å². The fourth-order valence-corrected chi connectivity index (χ4v) is 1.66. The zero-order valence-electron chi connectivity index (χ0n) is 8.08. The minimum atomic E-state index is -2.43. The van der Waals surface area contributed by atoms with Crippen LogP contribution >= 0.6 is 0 Å². The summed E-state index contributed by atoms with van der Waals surface area (Å²) in [6.45, 7) is -0.0511. The molecule has 2 aromatic rings. The van der Waals surface area contributed by atoms with Gasteiger partial charge in [-0.15, -0.1) is 0 Å². The predicted molar refractivity (Wildman–Crippen MR) is 56.1 cm³/mol. The molecular weight excluding hydrogens is 198 g/mol. The summed E-state index contributed by atoms with van der Waals surface area (Å²) in [6, 6.07) is 9.22. The molecule has 2 nitrogen and oxygen atoms in total. The first-order valence-electron chi connectivity index (χ1n) is 4.78. The monoisotopic (exact) mass is 210 g/mol. The van der Waals surface area contributed by atoms with Crippen LogP contribution in [-0.4, -0.2) is 18.0 Å². The van der Waals surface area contributed by atoms with Gasteiger partial charge in [-0.3, -0.25) is 0 Å². The lowest BCUT2D eigenvalue weighted by Gasteiger charge is -2.10. The molecule has 0 aliphatic carbocycles. The zero-order valence-corrected chi connectivity index (χ0v) is 8.08. The van der Waals surface area contributed by atoms with Crippen LogP contribution < -0.4 is 5.73 Å². The maximum absolute atomic E-state index is 12.6. The lowest BCUT2D eigenvalue weighted by Crippen LogP contribution is -2.19. The minimum absolute atomic E-state index is 0.0511. The van der Waals surface area contributed by atoms with Crippen LogP contribution in [0.2, 0.25) is 0 Å². The summed E-state index contributed by atoms with van der Waals surface area (Å²) in [4.78, 5) is 2.97. The Balaban J connectivity index is 2.43. The molecule has 0 radical (unpaired) electrons. The van der Waals surface area contributed by atoms with Gasteiger partial charge >= 0.3 is 0 Å². The van der Waals surface area contributed by atoms with Crippen molar-refractivity contribution in [2.24, 2.45) is 5.73 Å². The minimum Gasteiger partial charge on any atom is -0.358 e. The molecule has 1 aromatic carbocycles. The smallest absolute Gasteiger partial charge is 0.248 e. The molecule has 1 aromatic heterocycles. The highest BCUT2D eigenvalue weighted by Crippen LogP contribution is 2.25. The molecular formula is C11H12F2N2. The largest absolute Gasteiger partial charge is 0.358 e. The highest BCUT2D eigenvalue weighted by Gasteiger charge is 2.22. The first-order valence-corrected chi connectivity index (χ1v) is 4.78. The number of para-hydroxylation sites is 1. The molecule has 3 N–H and O–H groups in total. The van der Waals surface area contributed by atoms with Crippen LogP contribution in [0.3, 0.4) is 0 Å². The molecule has 0 aliphatic heterocycles. The first kappa shape index (κ1) is 10.1. The second-order valence-electron chi connectivity index (χ2n) is 3.49. The Bertz CT molecular complexity index is 418. The number of alkyl halides is 2. The van der Waals surface area contributed by atoms with Gasteiger partial charge in [0.15, 0.2) is 0 Å². The van der Waals surface area contributed by atoms with Crippen molar-refractivity contribution in [3.63, 3.8) is 0 Å². The van der Waals surface area contributed by atoms with E-state index in [9.17, 15) is 8.78 Å². The summed E-state index contributed by atoms with van der Waals surface area (Å²) in [5.74, 6) is -0.905. The van der Waals surface area contributed by atoms with Crippen LogP contribution in [-0.2, 0) is 0 Å². The van der Waals surface area contributed by atoms with Crippen molar-refractivity contribution in [3.05, 3.63) is 36.0 Å². The van der Waals surface area contributed by atoms with Gasteiger partial charge in [0.2, 0.25) is 6.43 Å². The fourth-order valence-electron chi connectivity index (χ4n) is 1.66. The summed E-state index contributed by atoms with van der Waals surface area (Å²) in [5, 5.41) is 0.937. The Kier molecular flexibility index (Phi) is 2.68. The average molecular weight is 210 g/mol. The number of hydrogen-bond donors (Lipinski definition) is 2. The summed E-state index contributed by atoms with van der Waals surface area (Å²) in [6.07, 6.45) is -2.43. The van der Waals surface area contributed by atoms with Crippen LogP contribution in [0.4, 0.5) is 8.78 Å². The van der Waals surface area contributed by atoms with Gasteiger partial charge in [-0.2, -0.15) is 0 Å². The standard InChI is InChI=1S/C11H12F2N2/c12-11(13)8(6-14)10-5-7-3-1-2-4-9(7)15-10/h1-5,8,11,15H,6,14H2. The number of nitrogens with two attached hydrogens (primary N) is 1. The summed E-state index contributed by atoms with van der Waals surface area (Å²) >= 11 is 0. The van der Waals surface area contributed by atoms with Gasteiger partial charge < -0.3 is 10.7 Å². The van der Waals surface area contributed by atoms with Crippen LogP contribution in [0, 0.1) is 0 Å². The van der Waals surface area contributed by atoms with Crippen molar-refractivity contribution >= 4 is 10.9 Å². The molecule has 1 heterocycles. The van der Waals surface area contributed by atoms with E-state index < -0.39 is 12.3 Å². The van der Waals surface area contributed by atoms with Crippen LogP contribution in [0.1, 0.15) is 11.6 Å². The van der Waals surface area contributed by atoms with Crippen molar-refractivity contribution < 1.29 is 8.78 Å². The third kappa shape index (κ3) is 1.85. The number of hydrogen-bond acceptors (Lipinski definition) is 1. The summed E-state index contributed by atoms with van der Waals surface area (Å²) in [7, 11) is 0. The fraction of sp³-hybridized carbons (Fsp3) is 0.273. The lowest BCUT2D eigenvalue weighted by atomic mass is 10.1. The zero-order chi connectivity index (χ0) is 10.8. The number of aromatic nitrogens is 1. The molecule has 4 heteroatoms. The predicted octanol–water partition coefficient (Wildman–Crippen LogP) is 2.48. The van der Waals surface area contributed by atoms with Gasteiger partial charge in [-0.05, 0) is 17.5 Å². The third-order valence-electron chi connectivity index (χ3n) is 2.51. The van der Waals surface area contributed by atoms with Crippen LogP contribution in [0.25, 0.3) is 10.9 Å². The molecule has 0 saturated carbocycles. The molecule has 0 amide bonds. The highest BCUT2D eigenvalue weighted by atomic mass is 19.3. The Morgan fingerprint density at radius 3 is 2.60 bits per heavy atom. The van der Waals surface area contributed by atoms with E-state index in [-0.39, 0.29) is 6.54 Å². The molecule has 0 bridgehead atoms. The van der Waals surface area contributed by atoms with Crippen LogP contribution in [0.15, 0.2) is 30.3 Å². The van der Waals surface area contributed by atoms with Crippen molar-refractivity contribution in [1.82, 2.24) is 4.98 Å². The molecule has 80 valence electrons. The molecule has 1 atom stereocenters. The van der Waals surface area contributed by atoms with Gasteiger partial charge in [-0.1, -0.05) is 18.2 Å². The SMILES string of the molecule is NCC(c1cc2ccccc2[nH]1)C(F)F. The van der Waals surface area contributed by atoms with E-state index in [4.69, 9.17) is 5.73 Å². The van der Waals surface area contributed by atoms with Gasteiger partial charge in [0, 0.05) is 17.8 Å². The first-order chi connectivity index (χ1) is 7.22. The normalized spacial score (nSPS) is 13.6. The van der Waals surface area contributed by atoms with E-state index in [0.717, 1.165) is 10.9 Å². The Labute approximate surface area is 86.1 Å². The van der Waals surface area contributed by atoms with Gasteiger partial charge in [-0.25, -0.2) is 8.78 Å². The number of fused-ring (bicyclic) bond motifs is 1. The maximum Gasteiger partial charge on any atom is 0.248 e. The number of halogens is 2. The second kappa shape index (κ2) is 3.98. The number of benzene rings is 1. The third-order valence-corrected chi connectivity index (χ3v) is 2.51. The Morgan fingerprint density at radius 2 is 2.00 bits per heavy atom. The summed E-state index contributed by atoms with van der Waals surface area (Å²) < 4.78 is 25.2. The molecule has 1 unspecified atom stereocenters. The second-order valence-corrected chi connectivity index (χ2v) is 3.49. The lowest BCUT2D eigenvalue weighted by molar-refractivity contribution is 0.115. The maximum atomic E-state index is 12.6. The van der Waals surface area contributed by atoms with E-state index in [1.165, 1.54) is 0 Å². The van der Waals surface area contributed by atoms with E-state index in [2.05, 4.69) is 4.98 Å². The summed E-state index contributed by atoms with van der Waals surface area (Å²) in [5.41, 5.74) is 6.70. The number of aromatic amines is 1. The van der Waals surface area contributed by atoms with Gasteiger partial charge in [0.25, 0.3) is 0 Å². The topological polar surface area (TPSA) is 41.8 Å². The van der Waals surface area contributed by atoms with Gasteiger partial charge in [0.1, 0.15) is 0 Å². The number of nitrogens with one attached hydrogen (secondary N) is 1. The molecule has 0 aliphatic rings.